The molecule has 0 unspecified atom stereocenters. The molecule has 1 heterocycles. The van der Waals surface area contributed by atoms with E-state index >= 15 is 0 Å². The molecule has 0 spiro atoms. The Morgan fingerprint density at radius 3 is 2.83 bits per heavy atom. The Balaban J connectivity index is 2.67. The molecule has 0 fully saturated rings. The number of hydrogen-bond acceptors (Lipinski definition) is 4. The Labute approximate surface area is 108 Å². The van der Waals surface area contributed by atoms with Gasteiger partial charge in [0, 0.05) is 6.54 Å². The molecule has 18 heavy (non-hydrogen) atoms. The number of methoxy groups -OCH3 is 1. The van der Waals surface area contributed by atoms with Crippen molar-refractivity contribution in [1.82, 2.24) is 5.32 Å². The summed E-state index contributed by atoms with van der Waals surface area (Å²) in [6, 6.07) is 3.41. The van der Waals surface area contributed by atoms with Gasteiger partial charge in [-0.2, -0.15) is 0 Å². The van der Waals surface area contributed by atoms with Gasteiger partial charge in [-0.05, 0) is 37.6 Å². The van der Waals surface area contributed by atoms with Gasteiger partial charge < -0.3 is 14.5 Å². The number of carbonyl (C=O) groups is 1. The third-order valence-electron chi connectivity index (χ3n) is 2.59. The predicted octanol–water partition coefficient (Wildman–Crippen LogP) is 2.86. The Morgan fingerprint density at radius 1 is 1.44 bits per heavy atom. The summed E-state index contributed by atoms with van der Waals surface area (Å²) in [7, 11) is 1.34. The van der Waals surface area contributed by atoms with Gasteiger partial charge in [-0.3, -0.25) is 0 Å². The Morgan fingerprint density at radius 2 is 2.22 bits per heavy atom. The summed E-state index contributed by atoms with van der Waals surface area (Å²) in [4.78, 5) is 11.2. The van der Waals surface area contributed by atoms with Crippen molar-refractivity contribution in [3.63, 3.8) is 0 Å². The Kier molecular flexibility index (Phi) is 6.22. The fourth-order valence-corrected chi connectivity index (χ4v) is 1.55. The zero-order chi connectivity index (χ0) is 13.4. The highest BCUT2D eigenvalue weighted by Gasteiger charge is 2.10. The summed E-state index contributed by atoms with van der Waals surface area (Å²) in [5, 5.41) is 3.35. The van der Waals surface area contributed by atoms with Crippen molar-refractivity contribution >= 4 is 12.0 Å². The number of esters is 1. The first-order chi connectivity index (χ1) is 8.71. The molecular weight excluding hydrogens is 230 g/mol. The number of carbonyl (C=O) groups excluding carboxylic acids is 1. The number of rotatable bonds is 7. The Bertz CT molecular complexity index is 407. The molecule has 0 saturated heterocycles. The zero-order valence-corrected chi connectivity index (χ0v) is 11.3. The van der Waals surface area contributed by atoms with Gasteiger partial charge in [-0.25, -0.2) is 4.79 Å². The first kappa shape index (κ1) is 14.5. The van der Waals surface area contributed by atoms with Crippen LogP contribution in [-0.4, -0.2) is 26.2 Å². The molecule has 1 N–H and O–H groups in total. The van der Waals surface area contributed by atoms with Gasteiger partial charge >= 0.3 is 5.97 Å². The summed E-state index contributed by atoms with van der Waals surface area (Å²) in [6.45, 7) is 6.09. The molecule has 0 aromatic carbocycles. The monoisotopic (exact) mass is 251 g/mol. The van der Waals surface area contributed by atoms with Crippen LogP contribution in [0.5, 0.6) is 0 Å². The highest BCUT2D eigenvalue weighted by Crippen LogP contribution is 2.14. The van der Waals surface area contributed by atoms with Crippen LogP contribution in [0.25, 0.3) is 6.08 Å². The van der Waals surface area contributed by atoms with Crippen molar-refractivity contribution in [1.29, 1.82) is 0 Å². The van der Waals surface area contributed by atoms with E-state index in [-0.39, 0.29) is 5.76 Å². The molecule has 0 aliphatic heterocycles. The molecule has 1 aromatic rings. The van der Waals surface area contributed by atoms with Crippen molar-refractivity contribution in [2.45, 2.75) is 26.7 Å². The number of furan rings is 1. The fourth-order valence-electron chi connectivity index (χ4n) is 1.55. The number of nitrogens with one attached hydrogen (secondary N) is 1. The highest BCUT2D eigenvalue weighted by atomic mass is 16.5. The van der Waals surface area contributed by atoms with Crippen molar-refractivity contribution in [3.05, 3.63) is 29.2 Å². The van der Waals surface area contributed by atoms with Gasteiger partial charge in [0.25, 0.3) is 0 Å². The topological polar surface area (TPSA) is 51.5 Å². The molecule has 0 atom stereocenters. The molecule has 0 saturated carbocycles. The molecule has 0 aliphatic rings. The lowest BCUT2D eigenvalue weighted by molar-refractivity contribution is 0.0564. The third-order valence-corrected chi connectivity index (χ3v) is 2.59. The lowest BCUT2D eigenvalue weighted by Crippen LogP contribution is -2.17. The van der Waals surface area contributed by atoms with Crippen LogP contribution in [0.2, 0.25) is 0 Å². The van der Waals surface area contributed by atoms with Gasteiger partial charge in [-0.1, -0.05) is 19.4 Å². The van der Waals surface area contributed by atoms with Crippen LogP contribution in [0.3, 0.4) is 0 Å². The van der Waals surface area contributed by atoms with Crippen LogP contribution in [0.15, 0.2) is 22.1 Å². The summed E-state index contributed by atoms with van der Waals surface area (Å²) >= 11 is 0. The molecule has 0 amide bonds. The second-order valence-corrected chi connectivity index (χ2v) is 4.03. The van der Waals surface area contributed by atoms with Crippen LogP contribution in [0.4, 0.5) is 0 Å². The lowest BCUT2D eigenvalue weighted by atomic mass is 10.1. The smallest absolute Gasteiger partial charge is 0.373 e. The van der Waals surface area contributed by atoms with Crippen molar-refractivity contribution < 1.29 is 13.9 Å². The normalized spacial score (nSPS) is 11.6. The summed E-state index contributed by atoms with van der Waals surface area (Å²) < 4.78 is 9.99. The maximum atomic E-state index is 11.2. The van der Waals surface area contributed by atoms with Gasteiger partial charge in [0.1, 0.15) is 5.76 Å². The zero-order valence-electron chi connectivity index (χ0n) is 11.3. The van der Waals surface area contributed by atoms with E-state index in [0.717, 1.165) is 25.9 Å². The van der Waals surface area contributed by atoms with Gasteiger partial charge in [0.05, 0.1) is 7.11 Å². The van der Waals surface area contributed by atoms with E-state index < -0.39 is 5.97 Å². The van der Waals surface area contributed by atoms with Gasteiger partial charge in [0.2, 0.25) is 5.76 Å². The van der Waals surface area contributed by atoms with E-state index in [9.17, 15) is 4.79 Å². The van der Waals surface area contributed by atoms with Crippen LogP contribution in [0, 0.1) is 0 Å². The van der Waals surface area contributed by atoms with E-state index in [0.29, 0.717) is 5.76 Å². The molecule has 100 valence electrons. The SMILES string of the molecule is CCCNCC(=Cc1ccc(C(=O)OC)o1)CC. The van der Waals surface area contributed by atoms with E-state index in [4.69, 9.17) is 4.42 Å². The summed E-state index contributed by atoms with van der Waals surface area (Å²) in [5.74, 6) is 0.475. The minimum Gasteiger partial charge on any atom is -0.463 e. The van der Waals surface area contributed by atoms with Crippen LogP contribution < -0.4 is 5.32 Å². The quantitative estimate of drug-likeness (QED) is 0.598. The maximum absolute atomic E-state index is 11.2. The molecule has 4 heteroatoms. The Hall–Kier alpha value is -1.55. The first-order valence-electron chi connectivity index (χ1n) is 6.29. The number of hydrogen-bond donors (Lipinski definition) is 1. The molecule has 0 aliphatic carbocycles. The standard InChI is InChI=1S/C14H21NO3/c1-4-8-15-10-11(5-2)9-12-6-7-13(18-12)14(16)17-3/h6-7,9,15H,4-5,8,10H2,1-3H3. The molecular formula is C14H21NO3. The first-order valence-corrected chi connectivity index (χ1v) is 6.29. The van der Waals surface area contributed by atoms with E-state index in [1.165, 1.54) is 12.7 Å². The van der Waals surface area contributed by atoms with Crippen LogP contribution in [-0.2, 0) is 4.74 Å². The summed E-state index contributed by atoms with van der Waals surface area (Å²) in [5.41, 5.74) is 1.24. The van der Waals surface area contributed by atoms with E-state index in [1.807, 2.05) is 6.08 Å². The minimum absolute atomic E-state index is 0.237. The molecule has 0 radical (unpaired) electrons. The molecule has 1 aromatic heterocycles. The van der Waals surface area contributed by atoms with E-state index in [1.54, 1.807) is 12.1 Å². The second-order valence-electron chi connectivity index (χ2n) is 4.03. The summed E-state index contributed by atoms with van der Waals surface area (Å²) in [6.07, 6.45) is 4.03. The highest BCUT2D eigenvalue weighted by molar-refractivity contribution is 5.86. The van der Waals surface area contributed by atoms with Crippen molar-refractivity contribution in [2.24, 2.45) is 0 Å². The largest absolute Gasteiger partial charge is 0.463 e. The van der Waals surface area contributed by atoms with E-state index in [2.05, 4.69) is 23.9 Å². The average molecular weight is 251 g/mol. The second kappa shape index (κ2) is 7.71. The van der Waals surface area contributed by atoms with Crippen molar-refractivity contribution in [3.8, 4) is 0 Å². The van der Waals surface area contributed by atoms with Crippen molar-refractivity contribution in [2.75, 3.05) is 20.2 Å². The lowest BCUT2D eigenvalue weighted by Gasteiger charge is -2.05. The fraction of sp³-hybridized carbons (Fsp3) is 0.500. The van der Waals surface area contributed by atoms with Gasteiger partial charge in [-0.15, -0.1) is 0 Å². The molecule has 1 rings (SSSR count). The van der Waals surface area contributed by atoms with Gasteiger partial charge in [0.15, 0.2) is 0 Å². The predicted molar refractivity (Wildman–Crippen MR) is 71.5 cm³/mol. The average Bonchev–Trinajstić information content (AvgIpc) is 2.85. The third kappa shape index (κ3) is 4.37. The molecule has 0 bridgehead atoms. The maximum Gasteiger partial charge on any atom is 0.373 e. The molecule has 4 nitrogen and oxygen atoms in total. The number of ether oxygens (including phenoxy) is 1. The van der Waals surface area contributed by atoms with Crippen LogP contribution in [0.1, 0.15) is 43.0 Å². The minimum atomic E-state index is -0.447. The van der Waals surface area contributed by atoms with Crippen LogP contribution >= 0.6 is 0 Å².